The van der Waals surface area contributed by atoms with E-state index in [4.69, 9.17) is 4.74 Å². The van der Waals surface area contributed by atoms with Crippen LogP contribution in [0.25, 0.3) is 0 Å². The first-order valence-electron chi connectivity index (χ1n) is 5.81. The molecule has 1 rings (SSSR count). The van der Waals surface area contributed by atoms with Crippen LogP contribution in [0.5, 0.6) is 0 Å². The van der Waals surface area contributed by atoms with Crippen LogP contribution in [-0.2, 0) is 4.74 Å². The first-order valence-corrected chi connectivity index (χ1v) is 5.81. The third kappa shape index (κ3) is 5.58. The first-order chi connectivity index (χ1) is 6.79. The maximum absolute atomic E-state index is 5.51. The molecule has 0 aromatic carbocycles. The van der Waals surface area contributed by atoms with Gasteiger partial charge >= 0.3 is 0 Å². The molecule has 14 heavy (non-hydrogen) atoms. The number of rotatable bonds is 6. The SMILES string of the molecule is CC(C)COCCNC1CCNCC1. The van der Waals surface area contributed by atoms with E-state index in [9.17, 15) is 0 Å². The highest BCUT2D eigenvalue weighted by molar-refractivity contribution is 4.73. The first kappa shape index (κ1) is 12.0. The van der Waals surface area contributed by atoms with E-state index in [1.807, 2.05) is 0 Å². The highest BCUT2D eigenvalue weighted by Crippen LogP contribution is 2.01. The van der Waals surface area contributed by atoms with Gasteiger partial charge in [0.25, 0.3) is 0 Å². The summed E-state index contributed by atoms with van der Waals surface area (Å²) in [5.41, 5.74) is 0. The Balaban J connectivity index is 1.87. The third-order valence-corrected chi connectivity index (χ3v) is 2.47. The Kier molecular flexibility index (Phi) is 6.15. The van der Waals surface area contributed by atoms with Crippen molar-refractivity contribution in [1.29, 1.82) is 0 Å². The Morgan fingerprint density at radius 1 is 1.36 bits per heavy atom. The van der Waals surface area contributed by atoms with E-state index >= 15 is 0 Å². The van der Waals surface area contributed by atoms with Crippen molar-refractivity contribution in [3.05, 3.63) is 0 Å². The van der Waals surface area contributed by atoms with E-state index in [0.717, 1.165) is 32.8 Å². The van der Waals surface area contributed by atoms with Gasteiger partial charge in [-0.3, -0.25) is 0 Å². The molecule has 0 radical (unpaired) electrons. The Morgan fingerprint density at radius 3 is 2.71 bits per heavy atom. The van der Waals surface area contributed by atoms with Crippen molar-refractivity contribution >= 4 is 0 Å². The summed E-state index contributed by atoms with van der Waals surface area (Å²) in [5.74, 6) is 0.647. The predicted octanol–water partition coefficient (Wildman–Crippen LogP) is 1.00. The zero-order valence-corrected chi connectivity index (χ0v) is 9.51. The summed E-state index contributed by atoms with van der Waals surface area (Å²) in [7, 11) is 0. The van der Waals surface area contributed by atoms with E-state index in [1.165, 1.54) is 12.8 Å². The Morgan fingerprint density at radius 2 is 2.07 bits per heavy atom. The minimum Gasteiger partial charge on any atom is -0.380 e. The Labute approximate surface area is 87.6 Å². The lowest BCUT2D eigenvalue weighted by atomic mass is 10.1. The quantitative estimate of drug-likeness (QED) is 0.628. The summed E-state index contributed by atoms with van der Waals surface area (Å²) >= 11 is 0. The lowest BCUT2D eigenvalue weighted by molar-refractivity contribution is 0.109. The van der Waals surface area contributed by atoms with Crippen LogP contribution in [0.15, 0.2) is 0 Å². The highest BCUT2D eigenvalue weighted by atomic mass is 16.5. The lowest BCUT2D eigenvalue weighted by Crippen LogP contribution is -2.41. The molecule has 1 fully saturated rings. The molecule has 0 amide bonds. The maximum atomic E-state index is 5.51. The number of hydrogen-bond acceptors (Lipinski definition) is 3. The van der Waals surface area contributed by atoms with Crippen molar-refractivity contribution in [3.8, 4) is 0 Å². The number of piperidine rings is 1. The molecule has 0 aliphatic carbocycles. The van der Waals surface area contributed by atoms with Crippen LogP contribution in [-0.4, -0.2) is 38.9 Å². The van der Waals surface area contributed by atoms with Crippen molar-refractivity contribution in [2.24, 2.45) is 5.92 Å². The van der Waals surface area contributed by atoms with Crippen molar-refractivity contribution in [2.45, 2.75) is 32.7 Å². The molecule has 0 spiro atoms. The zero-order chi connectivity index (χ0) is 10.2. The molecule has 0 aromatic heterocycles. The standard InChI is InChI=1S/C11H24N2O/c1-10(2)9-14-8-7-13-11-3-5-12-6-4-11/h10-13H,3-9H2,1-2H3. The molecule has 1 aliphatic rings. The van der Waals surface area contributed by atoms with Gasteiger partial charge in [-0.15, -0.1) is 0 Å². The summed E-state index contributed by atoms with van der Waals surface area (Å²) in [6.45, 7) is 9.41. The molecule has 1 aliphatic heterocycles. The lowest BCUT2D eigenvalue weighted by Gasteiger charge is -2.23. The van der Waals surface area contributed by atoms with Crippen molar-refractivity contribution in [2.75, 3.05) is 32.8 Å². The number of ether oxygens (including phenoxy) is 1. The van der Waals surface area contributed by atoms with Crippen LogP contribution in [0.2, 0.25) is 0 Å². The third-order valence-electron chi connectivity index (χ3n) is 2.47. The second-order valence-corrected chi connectivity index (χ2v) is 4.45. The second-order valence-electron chi connectivity index (χ2n) is 4.45. The topological polar surface area (TPSA) is 33.3 Å². The average molecular weight is 200 g/mol. The van der Waals surface area contributed by atoms with Crippen LogP contribution < -0.4 is 10.6 Å². The smallest absolute Gasteiger partial charge is 0.0591 e. The summed E-state index contributed by atoms with van der Waals surface area (Å²) < 4.78 is 5.51. The molecular formula is C11H24N2O. The molecule has 0 unspecified atom stereocenters. The monoisotopic (exact) mass is 200 g/mol. The number of nitrogens with one attached hydrogen (secondary N) is 2. The van der Waals surface area contributed by atoms with Crippen LogP contribution in [0.1, 0.15) is 26.7 Å². The average Bonchev–Trinajstić information content (AvgIpc) is 2.18. The van der Waals surface area contributed by atoms with E-state index in [0.29, 0.717) is 12.0 Å². The van der Waals surface area contributed by atoms with Gasteiger partial charge in [-0.1, -0.05) is 13.8 Å². The molecule has 84 valence electrons. The van der Waals surface area contributed by atoms with Crippen molar-refractivity contribution < 1.29 is 4.74 Å². The Bertz CT molecular complexity index is 133. The fourth-order valence-electron chi connectivity index (χ4n) is 1.68. The maximum Gasteiger partial charge on any atom is 0.0591 e. The largest absolute Gasteiger partial charge is 0.380 e. The van der Waals surface area contributed by atoms with Crippen LogP contribution in [0, 0.1) is 5.92 Å². The van der Waals surface area contributed by atoms with E-state index in [-0.39, 0.29) is 0 Å². The van der Waals surface area contributed by atoms with Crippen molar-refractivity contribution in [1.82, 2.24) is 10.6 Å². The fourth-order valence-corrected chi connectivity index (χ4v) is 1.68. The van der Waals surface area contributed by atoms with Gasteiger partial charge in [-0.2, -0.15) is 0 Å². The highest BCUT2D eigenvalue weighted by Gasteiger charge is 2.10. The molecule has 0 atom stereocenters. The summed E-state index contributed by atoms with van der Waals surface area (Å²) in [6, 6.07) is 0.707. The zero-order valence-electron chi connectivity index (χ0n) is 9.51. The van der Waals surface area contributed by atoms with E-state index in [2.05, 4.69) is 24.5 Å². The van der Waals surface area contributed by atoms with Gasteiger partial charge in [0.2, 0.25) is 0 Å². The van der Waals surface area contributed by atoms with E-state index < -0.39 is 0 Å². The van der Waals surface area contributed by atoms with Crippen molar-refractivity contribution in [3.63, 3.8) is 0 Å². The molecule has 3 nitrogen and oxygen atoms in total. The second kappa shape index (κ2) is 7.21. The van der Waals surface area contributed by atoms with Gasteiger partial charge in [0, 0.05) is 19.2 Å². The normalized spacial score (nSPS) is 19.1. The van der Waals surface area contributed by atoms with Gasteiger partial charge in [-0.25, -0.2) is 0 Å². The van der Waals surface area contributed by atoms with Gasteiger partial charge < -0.3 is 15.4 Å². The molecule has 0 aromatic rings. The molecule has 2 N–H and O–H groups in total. The minimum absolute atomic E-state index is 0.647. The van der Waals surface area contributed by atoms with Gasteiger partial charge in [0.05, 0.1) is 6.61 Å². The predicted molar refractivity (Wildman–Crippen MR) is 59.6 cm³/mol. The summed E-state index contributed by atoms with van der Waals surface area (Å²) in [4.78, 5) is 0. The fraction of sp³-hybridized carbons (Fsp3) is 1.00. The molecule has 0 bridgehead atoms. The minimum atomic E-state index is 0.647. The molecule has 1 heterocycles. The molecular weight excluding hydrogens is 176 g/mol. The molecule has 0 saturated carbocycles. The van der Waals surface area contributed by atoms with Crippen LogP contribution in [0.3, 0.4) is 0 Å². The molecule has 1 saturated heterocycles. The number of hydrogen-bond donors (Lipinski definition) is 2. The summed E-state index contributed by atoms with van der Waals surface area (Å²) in [5, 5.41) is 6.89. The van der Waals surface area contributed by atoms with Gasteiger partial charge in [0.1, 0.15) is 0 Å². The van der Waals surface area contributed by atoms with Crippen LogP contribution in [0.4, 0.5) is 0 Å². The van der Waals surface area contributed by atoms with Gasteiger partial charge in [-0.05, 0) is 31.8 Å². The Hall–Kier alpha value is -0.120. The van der Waals surface area contributed by atoms with E-state index in [1.54, 1.807) is 0 Å². The van der Waals surface area contributed by atoms with Crippen LogP contribution >= 0.6 is 0 Å². The molecule has 3 heteroatoms. The van der Waals surface area contributed by atoms with Gasteiger partial charge in [0.15, 0.2) is 0 Å². The summed E-state index contributed by atoms with van der Waals surface area (Å²) in [6.07, 6.45) is 2.51.